The van der Waals surface area contributed by atoms with Crippen LogP contribution in [0, 0.1) is 0 Å². The molecule has 1 aliphatic rings. The first-order valence-electron chi connectivity index (χ1n) is 6.72. The van der Waals surface area contributed by atoms with Gasteiger partial charge in [0, 0.05) is 12.1 Å². The van der Waals surface area contributed by atoms with Crippen LogP contribution in [0.25, 0.3) is 0 Å². The highest BCUT2D eigenvalue weighted by molar-refractivity contribution is 5.92. The van der Waals surface area contributed by atoms with Crippen LogP contribution in [-0.2, 0) is 4.79 Å². The third kappa shape index (κ3) is 3.84. The summed E-state index contributed by atoms with van der Waals surface area (Å²) in [6, 6.07) is -0.000463. The van der Waals surface area contributed by atoms with Crippen molar-refractivity contribution in [3.63, 3.8) is 0 Å². The summed E-state index contributed by atoms with van der Waals surface area (Å²) < 4.78 is 0. The topological polar surface area (TPSA) is 40.5 Å². The molecular weight excluding hydrogens is 214 g/mol. The Kier molecular flexibility index (Phi) is 5.69. The molecule has 0 radical (unpaired) electrons. The molecule has 0 spiro atoms. The van der Waals surface area contributed by atoms with Gasteiger partial charge in [0.25, 0.3) is 0 Å². The molecule has 1 N–H and O–H groups in total. The van der Waals surface area contributed by atoms with Crippen molar-refractivity contribution in [1.29, 1.82) is 0 Å². The van der Waals surface area contributed by atoms with Gasteiger partial charge in [-0.2, -0.15) is 0 Å². The Morgan fingerprint density at radius 3 is 2.59 bits per heavy atom. The van der Waals surface area contributed by atoms with Gasteiger partial charge < -0.3 is 10.0 Å². The van der Waals surface area contributed by atoms with Crippen molar-refractivity contribution in [2.24, 2.45) is 0 Å². The predicted octanol–water partition coefficient (Wildman–Crippen LogP) is 2.49. The molecule has 1 amide bonds. The second-order valence-electron chi connectivity index (χ2n) is 5.05. The maximum Gasteiger partial charge on any atom is 0.249 e. The van der Waals surface area contributed by atoms with Gasteiger partial charge in [-0.25, -0.2) is 0 Å². The number of nitrogens with zero attached hydrogens (tertiary/aromatic N) is 1. The van der Waals surface area contributed by atoms with Crippen LogP contribution >= 0.6 is 0 Å². The van der Waals surface area contributed by atoms with Crippen LogP contribution in [0.2, 0.25) is 0 Å². The number of carbonyl (C=O) groups is 1. The first-order chi connectivity index (χ1) is 8.07. The molecule has 1 fully saturated rings. The van der Waals surface area contributed by atoms with Crippen LogP contribution in [0.4, 0.5) is 0 Å². The van der Waals surface area contributed by atoms with Crippen LogP contribution in [-0.4, -0.2) is 34.6 Å². The van der Waals surface area contributed by atoms with Crippen LogP contribution in [0.1, 0.15) is 52.4 Å². The summed E-state index contributed by atoms with van der Waals surface area (Å²) in [7, 11) is 0. The van der Waals surface area contributed by atoms with E-state index in [1.54, 1.807) is 6.92 Å². The van der Waals surface area contributed by atoms with E-state index < -0.39 is 0 Å². The van der Waals surface area contributed by atoms with Crippen LogP contribution in [0.5, 0.6) is 0 Å². The summed E-state index contributed by atoms with van der Waals surface area (Å²) >= 11 is 0. The fourth-order valence-corrected chi connectivity index (χ4v) is 2.45. The van der Waals surface area contributed by atoms with Crippen molar-refractivity contribution >= 4 is 5.91 Å². The Hall–Kier alpha value is -0.830. The molecule has 2 atom stereocenters. The van der Waals surface area contributed by atoms with E-state index in [0.29, 0.717) is 5.57 Å². The van der Waals surface area contributed by atoms with Crippen molar-refractivity contribution in [3.05, 3.63) is 12.2 Å². The average Bonchev–Trinajstić information content (AvgIpc) is 2.31. The highest BCUT2D eigenvalue weighted by Gasteiger charge is 2.31. The van der Waals surface area contributed by atoms with Gasteiger partial charge in [0.2, 0.25) is 5.91 Å². The normalized spacial score (nSPS) is 24.4. The Bertz CT molecular complexity index is 275. The van der Waals surface area contributed by atoms with Gasteiger partial charge in [0.15, 0.2) is 0 Å². The number of rotatable bonds is 5. The summed E-state index contributed by atoms with van der Waals surface area (Å²) in [5, 5.41) is 10.0. The van der Waals surface area contributed by atoms with Crippen LogP contribution in [0.3, 0.4) is 0 Å². The van der Waals surface area contributed by atoms with E-state index in [0.717, 1.165) is 45.1 Å². The van der Waals surface area contributed by atoms with Gasteiger partial charge in [-0.05, 0) is 26.2 Å². The molecule has 0 aliphatic heterocycles. The fourth-order valence-electron chi connectivity index (χ4n) is 2.45. The van der Waals surface area contributed by atoms with Crippen molar-refractivity contribution in [1.82, 2.24) is 4.90 Å². The lowest BCUT2D eigenvalue weighted by Crippen LogP contribution is -2.49. The lowest BCUT2D eigenvalue weighted by molar-refractivity contribution is -0.133. The molecule has 1 saturated carbocycles. The minimum atomic E-state index is -0.357. The van der Waals surface area contributed by atoms with Crippen molar-refractivity contribution in [3.8, 4) is 0 Å². The summed E-state index contributed by atoms with van der Waals surface area (Å²) in [6.07, 6.45) is 5.60. The van der Waals surface area contributed by atoms with Gasteiger partial charge in [-0.15, -0.1) is 0 Å². The van der Waals surface area contributed by atoms with Crippen molar-refractivity contribution in [2.45, 2.75) is 64.5 Å². The predicted molar refractivity (Wildman–Crippen MR) is 69.7 cm³/mol. The zero-order chi connectivity index (χ0) is 12.8. The molecule has 1 aliphatic carbocycles. The van der Waals surface area contributed by atoms with E-state index in [2.05, 4.69) is 13.5 Å². The van der Waals surface area contributed by atoms with E-state index in [-0.39, 0.29) is 18.1 Å². The van der Waals surface area contributed by atoms with E-state index in [1.807, 2.05) is 4.90 Å². The lowest BCUT2D eigenvalue weighted by Gasteiger charge is -2.38. The van der Waals surface area contributed by atoms with Crippen LogP contribution < -0.4 is 0 Å². The highest BCUT2D eigenvalue weighted by atomic mass is 16.3. The van der Waals surface area contributed by atoms with Gasteiger partial charge in [-0.3, -0.25) is 4.79 Å². The third-order valence-corrected chi connectivity index (χ3v) is 3.47. The number of hydrogen-bond acceptors (Lipinski definition) is 2. The van der Waals surface area contributed by atoms with Gasteiger partial charge >= 0.3 is 0 Å². The van der Waals surface area contributed by atoms with Gasteiger partial charge in [0.05, 0.1) is 12.1 Å². The van der Waals surface area contributed by atoms with E-state index >= 15 is 0 Å². The summed E-state index contributed by atoms with van der Waals surface area (Å²) in [5.41, 5.74) is 0.568. The Morgan fingerprint density at radius 1 is 1.41 bits per heavy atom. The molecule has 0 bridgehead atoms. The van der Waals surface area contributed by atoms with E-state index in [9.17, 15) is 9.90 Å². The standard InChI is InChI=1S/C14H25NO2/c1-4-5-10-15(14(17)11(2)3)12-8-6-7-9-13(12)16/h12-13,16H,2,4-10H2,1,3H3. The second kappa shape index (κ2) is 6.80. The molecule has 98 valence electrons. The minimum absolute atomic E-state index is 0.000463. The summed E-state index contributed by atoms with van der Waals surface area (Å²) in [4.78, 5) is 14.0. The van der Waals surface area contributed by atoms with Crippen LogP contribution in [0.15, 0.2) is 12.2 Å². The Labute approximate surface area is 105 Å². The minimum Gasteiger partial charge on any atom is -0.391 e. The number of unbranched alkanes of at least 4 members (excludes halogenated alkanes) is 1. The largest absolute Gasteiger partial charge is 0.391 e. The molecule has 3 heteroatoms. The van der Waals surface area contributed by atoms with E-state index in [1.165, 1.54) is 0 Å². The maximum atomic E-state index is 12.1. The smallest absolute Gasteiger partial charge is 0.249 e. The number of carbonyl (C=O) groups excluding carboxylic acids is 1. The van der Waals surface area contributed by atoms with Crippen molar-refractivity contribution < 1.29 is 9.90 Å². The van der Waals surface area contributed by atoms with Gasteiger partial charge in [0.1, 0.15) is 0 Å². The first kappa shape index (κ1) is 14.2. The highest BCUT2D eigenvalue weighted by Crippen LogP contribution is 2.24. The van der Waals surface area contributed by atoms with E-state index in [4.69, 9.17) is 0 Å². The molecule has 0 aromatic rings. The van der Waals surface area contributed by atoms with Crippen molar-refractivity contribution in [2.75, 3.05) is 6.54 Å². The third-order valence-electron chi connectivity index (χ3n) is 3.47. The molecule has 0 heterocycles. The molecule has 0 saturated heterocycles. The Balaban J connectivity index is 2.73. The number of amides is 1. The molecule has 0 aromatic carbocycles. The molecular formula is C14H25NO2. The SMILES string of the molecule is C=C(C)C(=O)N(CCCC)C1CCCCC1O. The quantitative estimate of drug-likeness (QED) is 0.749. The number of aliphatic hydroxyl groups is 1. The summed E-state index contributed by atoms with van der Waals surface area (Å²) in [5.74, 6) is 0.00407. The maximum absolute atomic E-state index is 12.1. The lowest BCUT2D eigenvalue weighted by atomic mass is 9.91. The number of aliphatic hydroxyl groups excluding tert-OH is 1. The molecule has 0 aromatic heterocycles. The monoisotopic (exact) mass is 239 g/mol. The molecule has 1 rings (SSSR count). The Morgan fingerprint density at radius 2 is 2.06 bits per heavy atom. The first-order valence-corrected chi connectivity index (χ1v) is 6.72. The zero-order valence-electron chi connectivity index (χ0n) is 11.1. The zero-order valence-corrected chi connectivity index (χ0v) is 11.1. The second-order valence-corrected chi connectivity index (χ2v) is 5.05. The van der Waals surface area contributed by atoms with Gasteiger partial charge in [-0.1, -0.05) is 32.8 Å². The molecule has 2 unspecified atom stereocenters. The fraction of sp³-hybridized carbons (Fsp3) is 0.786. The summed E-state index contributed by atoms with van der Waals surface area (Å²) in [6.45, 7) is 8.33. The number of hydrogen-bond donors (Lipinski definition) is 1. The average molecular weight is 239 g/mol. The molecule has 17 heavy (non-hydrogen) atoms. The molecule has 3 nitrogen and oxygen atoms in total.